The second-order valence-corrected chi connectivity index (χ2v) is 8.14. The summed E-state index contributed by atoms with van der Waals surface area (Å²) in [4.78, 5) is 29.9. The van der Waals surface area contributed by atoms with Crippen LogP contribution in [0.4, 0.5) is 0 Å². The molecule has 0 unspecified atom stereocenters. The number of rotatable bonds is 5. The molecule has 0 aliphatic rings. The summed E-state index contributed by atoms with van der Waals surface area (Å²) in [6, 6.07) is 17.5. The topological polar surface area (TPSA) is 61.8 Å². The Kier molecular flexibility index (Phi) is 5.34. The fourth-order valence-corrected chi connectivity index (χ4v) is 4.25. The minimum absolute atomic E-state index is 0.351. The van der Waals surface area contributed by atoms with Crippen molar-refractivity contribution in [3.63, 3.8) is 0 Å². The molecule has 0 aliphatic carbocycles. The molecule has 2 heterocycles. The number of imidazole rings is 1. The van der Waals surface area contributed by atoms with E-state index in [-0.39, 0.29) is 5.56 Å². The maximum absolute atomic E-state index is 12.9. The molecule has 2 aromatic carbocycles. The fraction of sp³-hybridized carbons (Fsp3) is 0.190. The van der Waals surface area contributed by atoms with Gasteiger partial charge in [-0.3, -0.25) is 13.9 Å². The summed E-state index contributed by atoms with van der Waals surface area (Å²) in [6.45, 7) is 0.457. The Morgan fingerprint density at radius 3 is 2.31 bits per heavy atom. The van der Waals surface area contributed by atoms with Crippen LogP contribution in [0, 0.1) is 0 Å². The third-order valence-electron chi connectivity index (χ3n) is 4.78. The maximum atomic E-state index is 12.9. The monoisotopic (exact) mass is 426 g/mol. The first-order valence-electron chi connectivity index (χ1n) is 9.03. The minimum atomic E-state index is -0.391. The van der Waals surface area contributed by atoms with Gasteiger partial charge in [-0.2, -0.15) is 0 Å². The standard InChI is InChI=1S/C21H19ClN4O2S/c1-24-18-17(19(27)25(2)21(24)28)26(12-14-8-10-16(22)11-9-14)20(23-18)29-13-15-6-4-3-5-7-15/h3-11H,12-13H2,1-2H3. The number of halogens is 1. The van der Waals surface area contributed by atoms with Crippen molar-refractivity contribution in [2.75, 3.05) is 0 Å². The minimum Gasteiger partial charge on any atom is -0.309 e. The lowest BCUT2D eigenvalue weighted by Crippen LogP contribution is -2.37. The number of nitrogens with zero attached hydrogens (tertiary/aromatic N) is 4. The highest BCUT2D eigenvalue weighted by Crippen LogP contribution is 2.26. The summed E-state index contributed by atoms with van der Waals surface area (Å²) >= 11 is 7.55. The van der Waals surface area contributed by atoms with Gasteiger partial charge in [-0.25, -0.2) is 9.78 Å². The molecule has 0 bridgehead atoms. The average molecular weight is 427 g/mol. The number of benzene rings is 2. The first-order valence-corrected chi connectivity index (χ1v) is 10.4. The van der Waals surface area contributed by atoms with Crippen molar-refractivity contribution in [3.05, 3.63) is 91.6 Å². The lowest BCUT2D eigenvalue weighted by molar-refractivity contribution is 0.696. The van der Waals surface area contributed by atoms with Crippen molar-refractivity contribution in [2.45, 2.75) is 17.5 Å². The molecule has 4 rings (SSSR count). The van der Waals surface area contributed by atoms with Crippen molar-refractivity contribution < 1.29 is 0 Å². The third kappa shape index (κ3) is 3.75. The number of aromatic nitrogens is 4. The molecule has 0 saturated heterocycles. The molecule has 4 aromatic rings. The van der Waals surface area contributed by atoms with Gasteiger partial charge in [0.1, 0.15) is 0 Å². The van der Waals surface area contributed by atoms with Crippen LogP contribution in [0.1, 0.15) is 11.1 Å². The van der Waals surface area contributed by atoms with Gasteiger partial charge in [0.25, 0.3) is 5.56 Å². The smallest absolute Gasteiger partial charge is 0.309 e. The van der Waals surface area contributed by atoms with Crippen molar-refractivity contribution in [2.24, 2.45) is 14.1 Å². The van der Waals surface area contributed by atoms with Crippen LogP contribution in [0.25, 0.3) is 11.2 Å². The highest BCUT2D eigenvalue weighted by atomic mass is 35.5. The van der Waals surface area contributed by atoms with Crippen LogP contribution in [0.5, 0.6) is 0 Å². The van der Waals surface area contributed by atoms with E-state index in [1.165, 1.54) is 23.4 Å². The first kappa shape index (κ1) is 19.5. The normalized spacial score (nSPS) is 11.3. The predicted octanol–water partition coefficient (Wildman–Crippen LogP) is 3.43. The van der Waals surface area contributed by atoms with Crippen LogP contribution in [0.15, 0.2) is 69.3 Å². The Balaban J connectivity index is 1.85. The Labute approximate surface area is 176 Å². The van der Waals surface area contributed by atoms with E-state index in [4.69, 9.17) is 11.6 Å². The summed E-state index contributed by atoms with van der Waals surface area (Å²) in [6.07, 6.45) is 0. The van der Waals surface area contributed by atoms with Crippen LogP contribution in [0.2, 0.25) is 5.02 Å². The zero-order valence-corrected chi connectivity index (χ0v) is 17.6. The van der Waals surface area contributed by atoms with Gasteiger partial charge in [0.05, 0.1) is 6.54 Å². The largest absolute Gasteiger partial charge is 0.332 e. The van der Waals surface area contributed by atoms with Gasteiger partial charge in [0.2, 0.25) is 0 Å². The molecule has 8 heteroatoms. The second kappa shape index (κ2) is 7.93. The van der Waals surface area contributed by atoms with Crippen LogP contribution >= 0.6 is 23.4 Å². The van der Waals surface area contributed by atoms with Crippen molar-refractivity contribution in [3.8, 4) is 0 Å². The van der Waals surface area contributed by atoms with Gasteiger partial charge in [0.15, 0.2) is 16.3 Å². The summed E-state index contributed by atoms with van der Waals surface area (Å²) in [5, 5.41) is 1.35. The SMILES string of the molecule is Cn1c(=O)c2c(nc(SCc3ccccc3)n2Cc2ccc(Cl)cc2)n(C)c1=O. The number of hydrogen-bond acceptors (Lipinski definition) is 4. The molecule has 0 saturated carbocycles. The fourth-order valence-electron chi connectivity index (χ4n) is 3.18. The molecule has 6 nitrogen and oxygen atoms in total. The molecule has 148 valence electrons. The van der Waals surface area contributed by atoms with Gasteiger partial charge < -0.3 is 4.57 Å². The first-order chi connectivity index (χ1) is 14.0. The van der Waals surface area contributed by atoms with Gasteiger partial charge in [-0.15, -0.1) is 0 Å². The van der Waals surface area contributed by atoms with E-state index in [0.717, 1.165) is 15.7 Å². The van der Waals surface area contributed by atoms with Crippen molar-refractivity contribution in [1.82, 2.24) is 18.7 Å². The Morgan fingerprint density at radius 1 is 0.931 bits per heavy atom. The summed E-state index contributed by atoms with van der Waals surface area (Å²) in [5.74, 6) is 0.707. The van der Waals surface area contributed by atoms with Crippen LogP contribution in [-0.4, -0.2) is 18.7 Å². The molecule has 0 atom stereocenters. The van der Waals surface area contributed by atoms with Crippen molar-refractivity contribution >= 4 is 34.5 Å². The molecule has 0 N–H and O–H groups in total. The molecule has 0 aliphatic heterocycles. The van der Waals surface area contributed by atoms with E-state index >= 15 is 0 Å². The highest BCUT2D eigenvalue weighted by molar-refractivity contribution is 7.98. The molecule has 0 amide bonds. The number of hydrogen-bond donors (Lipinski definition) is 0. The molecular weight excluding hydrogens is 408 g/mol. The molecule has 29 heavy (non-hydrogen) atoms. The Bertz CT molecular complexity index is 1290. The number of thioether (sulfide) groups is 1. The Hall–Kier alpha value is -2.77. The van der Waals surface area contributed by atoms with E-state index in [2.05, 4.69) is 4.98 Å². The third-order valence-corrected chi connectivity index (χ3v) is 6.08. The maximum Gasteiger partial charge on any atom is 0.332 e. The van der Waals surface area contributed by atoms with E-state index in [9.17, 15) is 9.59 Å². The predicted molar refractivity (Wildman–Crippen MR) is 117 cm³/mol. The van der Waals surface area contributed by atoms with E-state index in [1.807, 2.05) is 59.2 Å². The molecular formula is C21H19ClN4O2S. The van der Waals surface area contributed by atoms with Crippen LogP contribution < -0.4 is 11.2 Å². The molecule has 0 fully saturated rings. The zero-order valence-electron chi connectivity index (χ0n) is 16.0. The van der Waals surface area contributed by atoms with Gasteiger partial charge in [-0.05, 0) is 23.3 Å². The zero-order chi connectivity index (χ0) is 20.5. The van der Waals surface area contributed by atoms with Gasteiger partial charge in [0, 0.05) is 24.9 Å². The lowest BCUT2D eigenvalue weighted by atomic mass is 10.2. The number of fused-ring (bicyclic) bond motifs is 1. The van der Waals surface area contributed by atoms with Crippen LogP contribution in [0.3, 0.4) is 0 Å². The summed E-state index contributed by atoms with van der Waals surface area (Å²) < 4.78 is 4.42. The molecule has 0 radical (unpaired) electrons. The average Bonchev–Trinajstić information content (AvgIpc) is 3.10. The van der Waals surface area contributed by atoms with Crippen LogP contribution in [-0.2, 0) is 26.4 Å². The summed E-state index contributed by atoms with van der Waals surface area (Å²) in [7, 11) is 3.12. The van der Waals surface area contributed by atoms with E-state index in [1.54, 1.807) is 7.05 Å². The Morgan fingerprint density at radius 2 is 1.62 bits per heavy atom. The summed E-state index contributed by atoms with van der Waals surface area (Å²) in [5.41, 5.74) is 2.22. The highest BCUT2D eigenvalue weighted by Gasteiger charge is 2.19. The lowest BCUT2D eigenvalue weighted by Gasteiger charge is -2.10. The quantitative estimate of drug-likeness (QED) is 0.459. The number of aryl methyl sites for hydroxylation is 1. The molecule has 0 spiro atoms. The van der Waals surface area contributed by atoms with Gasteiger partial charge in [-0.1, -0.05) is 65.8 Å². The second-order valence-electron chi connectivity index (χ2n) is 6.76. The van der Waals surface area contributed by atoms with E-state index < -0.39 is 5.69 Å². The van der Waals surface area contributed by atoms with Gasteiger partial charge >= 0.3 is 5.69 Å². The van der Waals surface area contributed by atoms with Crippen molar-refractivity contribution in [1.29, 1.82) is 0 Å². The molecule has 2 aromatic heterocycles. The van der Waals surface area contributed by atoms with E-state index in [0.29, 0.717) is 33.6 Å².